The van der Waals surface area contributed by atoms with Gasteiger partial charge in [0.15, 0.2) is 0 Å². The maximum Gasteiger partial charge on any atom is 0.273 e. The normalized spacial score (nSPS) is 11.9. The van der Waals surface area contributed by atoms with Crippen LogP contribution in [0.4, 0.5) is 5.69 Å². The minimum absolute atomic E-state index is 0.0173. The van der Waals surface area contributed by atoms with Gasteiger partial charge in [0.2, 0.25) is 0 Å². The van der Waals surface area contributed by atoms with Crippen molar-refractivity contribution in [1.29, 1.82) is 0 Å². The van der Waals surface area contributed by atoms with E-state index >= 15 is 0 Å². The lowest BCUT2D eigenvalue weighted by molar-refractivity contribution is -0.385. The molecule has 1 N–H and O–H groups in total. The Hall–Kier alpha value is -1.91. The summed E-state index contributed by atoms with van der Waals surface area (Å²) in [4.78, 5) is 22.6. The smallest absolute Gasteiger partial charge is 0.273 e. The molecule has 0 unspecified atom stereocenters. The summed E-state index contributed by atoms with van der Waals surface area (Å²) in [6.45, 7) is 5.70. The lowest BCUT2D eigenvalue weighted by Crippen LogP contribution is -2.33. The second-order valence-corrected chi connectivity index (χ2v) is 5.08. The Kier molecular flexibility index (Phi) is 6.15. The zero-order chi connectivity index (χ0) is 15.1. The van der Waals surface area contributed by atoms with E-state index in [4.69, 9.17) is 0 Å². The third-order valence-corrected chi connectivity index (χ3v) is 3.36. The van der Waals surface area contributed by atoms with Crippen LogP contribution in [0, 0.1) is 17.0 Å². The third kappa shape index (κ3) is 4.33. The molecule has 0 bridgehead atoms. The van der Waals surface area contributed by atoms with Crippen LogP contribution in [0.3, 0.4) is 0 Å². The number of benzene rings is 1. The van der Waals surface area contributed by atoms with Crippen molar-refractivity contribution in [2.75, 3.05) is 0 Å². The first kappa shape index (κ1) is 16.1. The van der Waals surface area contributed by atoms with Crippen molar-refractivity contribution in [2.24, 2.45) is 0 Å². The van der Waals surface area contributed by atoms with Gasteiger partial charge in [0, 0.05) is 23.2 Å². The Labute approximate surface area is 119 Å². The van der Waals surface area contributed by atoms with Crippen LogP contribution in [-0.2, 0) is 0 Å². The second kappa shape index (κ2) is 7.62. The van der Waals surface area contributed by atoms with Crippen LogP contribution in [0.2, 0.25) is 0 Å². The Morgan fingerprint density at radius 1 is 1.40 bits per heavy atom. The third-order valence-electron chi connectivity index (χ3n) is 3.36. The molecule has 1 amide bonds. The molecule has 0 heterocycles. The van der Waals surface area contributed by atoms with Crippen LogP contribution in [0.1, 0.15) is 55.5 Å². The number of carbonyl (C=O) groups excluding carboxylic acids is 1. The van der Waals surface area contributed by atoms with Crippen molar-refractivity contribution < 1.29 is 9.72 Å². The monoisotopic (exact) mass is 278 g/mol. The number of rotatable bonds is 7. The molecule has 110 valence electrons. The van der Waals surface area contributed by atoms with Gasteiger partial charge in [-0.15, -0.1) is 0 Å². The molecule has 1 aromatic carbocycles. The molecule has 0 aliphatic rings. The molecular weight excluding hydrogens is 256 g/mol. The zero-order valence-electron chi connectivity index (χ0n) is 12.3. The number of nitrogens with zero attached hydrogens (tertiary/aromatic N) is 1. The minimum atomic E-state index is -0.462. The van der Waals surface area contributed by atoms with Crippen LogP contribution in [-0.4, -0.2) is 16.9 Å². The number of nitrogens with one attached hydrogen (secondary N) is 1. The lowest BCUT2D eigenvalue weighted by atomic mass is 10.0. The highest BCUT2D eigenvalue weighted by atomic mass is 16.6. The highest BCUT2D eigenvalue weighted by molar-refractivity contribution is 5.96. The quantitative estimate of drug-likeness (QED) is 0.470. The summed E-state index contributed by atoms with van der Waals surface area (Å²) in [6, 6.07) is 4.65. The van der Waals surface area contributed by atoms with Gasteiger partial charge in [-0.25, -0.2) is 0 Å². The summed E-state index contributed by atoms with van der Waals surface area (Å²) in [5.74, 6) is -0.241. The number of hydrogen-bond acceptors (Lipinski definition) is 3. The van der Waals surface area contributed by atoms with Gasteiger partial charge in [0.25, 0.3) is 11.6 Å². The first-order valence-corrected chi connectivity index (χ1v) is 7.02. The van der Waals surface area contributed by atoms with E-state index < -0.39 is 4.92 Å². The summed E-state index contributed by atoms with van der Waals surface area (Å²) in [5.41, 5.74) is 0.772. The Morgan fingerprint density at radius 3 is 2.70 bits per heavy atom. The van der Waals surface area contributed by atoms with E-state index in [0.29, 0.717) is 11.1 Å². The maximum absolute atomic E-state index is 12.1. The van der Waals surface area contributed by atoms with Crippen LogP contribution < -0.4 is 5.32 Å². The van der Waals surface area contributed by atoms with Crippen molar-refractivity contribution in [1.82, 2.24) is 5.32 Å². The zero-order valence-corrected chi connectivity index (χ0v) is 12.3. The SMILES string of the molecule is CCCCC[C@@H](C)NC(=O)c1cccc([N+](=O)[O-])c1C. The maximum atomic E-state index is 12.1. The van der Waals surface area contributed by atoms with Crippen molar-refractivity contribution in [3.05, 3.63) is 39.4 Å². The topological polar surface area (TPSA) is 72.2 Å². The molecular formula is C15H22N2O3. The molecule has 0 radical (unpaired) electrons. The summed E-state index contributed by atoms with van der Waals surface area (Å²) in [5, 5.41) is 13.8. The van der Waals surface area contributed by atoms with Gasteiger partial charge >= 0.3 is 0 Å². The predicted octanol–water partition coefficient (Wildman–Crippen LogP) is 3.60. The fraction of sp³-hybridized carbons (Fsp3) is 0.533. The van der Waals surface area contributed by atoms with Crippen LogP contribution >= 0.6 is 0 Å². The van der Waals surface area contributed by atoms with Crippen molar-refractivity contribution >= 4 is 11.6 Å². The number of unbranched alkanes of at least 4 members (excludes halogenated alkanes) is 2. The van der Waals surface area contributed by atoms with Crippen LogP contribution in [0.25, 0.3) is 0 Å². The number of nitro groups is 1. The van der Waals surface area contributed by atoms with Crippen molar-refractivity contribution in [3.63, 3.8) is 0 Å². The summed E-state index contributed by atoms with van der Waals surface area (Å²) >= 11 is 0. The number of hydrogen-bond donors (Lipinski definition) is 1. The fourth-order valence-corrected chi connectivity index (χ4v) is 2.14. The second-order valence-electron chi connectivity index (χ2n) is 5.08. The van der Waals surface area contributed by atoms with Gasteiger partial charge in [0.1, 0.15) is 0 Å². The Bertz CT molecular complexity index is 486. The largest absolute Gasteiger partial charge is 0.350 e. The first-order valence-electron chi connectivity index (χ1n) is 7.02. The molecule has 0 aliphatic heterocycles. The summed E-state index contributed by atoms with van der Waals surface area (Å²) in [7, 11) is 0. The Morgan fingerprint density at radius 2 is 2.10 bits per heavy atom. The summed E-state index contributed by atoms with van der Waals surface area (Å²) < 4.78 is 0. The molecule has 0 saturated heterocycles. The average Bonchev–Trinajstić information content (AvgIpc) is 2.38. The number of carbonyl (C=O) groups is 1. The van der Waals surface area contributed by atoms with E-state index in [2.05, 4.69) is 12.2 Å². The van der Waals surface area contributed by atoms with Crippen LogP contribution in [0.15, 0.2) is 18.2 Å². The molecule has 1 rings (SSSR count). The molecule has 0 aromatic heterocycles. The molecule has 0 saturated carbocycles. The Balaban J connectivity index is 2.73. The van der Waals surface area contributed by atoms with Crippen molar-refractivity contribution in [3.8, 4) is 0 Å². The van der Waals surface area contributed by atoms with Gasteiger partial charge in [0.05, 0.1) is 4.92 Å². The van der Waals surface area contributed by atoms with Crippen molar-refractivity contribution in [2.45, 2.75) is 52.5 Å². The molecule has 20 heavy (non-hydrogen) atoms. The number of nitro benzene ring substituents is 1. The summed E-state index contributed by atoms with van der Waals surface area (Å²) in [6.07, 6.45) is 4.29. The fourth-order valence-electron chi connectivity index (χ4n) is 2.14. The van der Waals surface area contributed by atoms with E-state index in [0.717, 1.165) is 25.7 Å². The van der Waals surface area contributed by atoms with E-state index in [1.165, 1.54) is 6.07 Å². The molecule has 0 aliphatic carbocycles. The standard InChI is InChI=1S/C15H22N2O3/c1-4-5-6-8-11(2)16-15(18)13-9-7-10-14(12(13)3)17(19)20/h7,9-11H,4-6,8H2,1-3H3,(H,16,18)/t11-/m1/s1. The van der Waals surface area contributed by atoms with E-state index in [1.54, 1.807) is 19.1 Å². The minimum Gasteiger partial charge on any atom is -0.350 e. The van der Waals surface area contributed by atoms with Gasteiger partial charge in [-0.05, 0) is 26.3 Å². The van der Waals surface area contributed by atoms with E-state index in [9.17, 15) is 14.9 Å². The highest BCUT2D eigenvalue weighted by Gasteiger charge is 2.18. The molecule has 5 heteroatoms. The lowest BCUT2D eigenvalue weighted by Gasteiger charge is -2.14. The predicted molar refractivity (Wildman–Crippen MR) is 78.9 cm³/mol. The molecule has 0 fully saturated rings. The first-order chi connectivity index (χ1) is 9.47. The van der Waals surface area contributed by atoms with Gasteiger partial charge in [-0.1, -0.05) is 32.3 Å². The average molecular weight is 278 g/mol. The van der Waals surface area contributed by atoms with Gasteiger partial charge < -0.3 is 5.32 Å². The van der Waals surface area contributed by atoms with E-state index in [1.807, 2.05) is 6.92 Å². The molecule has 1 atom stereocenters. The van der Waals surface area contributed by atoms with Gasteiger partial charge in [-0.3, -0.25) is 14.9 Å². The highest BCUT2D eigenvalue weighted by Crippen LogP contribution is 2.21. The number of amides is 1. The van der Waals surface area contributed by atoms with E-state index in [-0.39, 0.29) is 17.6 Å². The van der Waals surface area contributed by atoms with Gasteiger partial charge in [-0.2, -0.15) is 0 Å². The molecule has 1 aromatic rings. The molecule has 5 nitrogen and oxygen atoms in total. The van der Waals surface area contributed by atoms with Crippen LogP contribution in [0.5, 0.6) is 0 Å². The molecule has 0 spiro atoms.